The minimum Gasteiger partial charge on any atom is -0.379 e. The summed E-state index contributed by atoms with van der Waals surface area (Å²) in [5, 5.41) is 13.4. The second kappa shape index (κ2) is 5.51. The molecule has 0 aliphatic rings. The van der Waals surface area contributed by atoms with E-state index in [4.69, 9.17) is 5.26 Å². The van der Waals surface area contributed by atoms with Gasteiger partial charge in [-0.05, 0) is 32.0 Å². The Kier molecular flexibility index (Phi) is 4.00. The molecule has 0 aliphatic carbocycles. The van der Waals surface area contributed by atoms with Gasteiger partial charge in [0.15, 0.2) is 0 Å². The van der Waals surface area contributed by atoms with Gasteiger partial charge in [-0.1, -0.05) is 15.9 Å². The molecule has 0 saturated heterocycles. The lowest BCUT2D eigenvalue weighted by atomic mass is 10.2. The Bertz CT molecular complexity index is 613. The molecule has 1 aromatic carbocycles. The molecule has 5 heteroatoms. The molecule has 0 saturated carbocycles. The van der Waals surface area contributed by atoms with Gasteiger partial charge in [0, 0.05) is 9.35 Å². The molecule has 1 heterocycles. The summed E-state index contributed by atoms with van der Waals surface area (Å²) in [6.07, 6.45) is 0. The summed E-state index contributed by atoms with van der Waals surface area (Å²) in [6, 6.07) is 7.77. The van der Waals surface area contributed by atoms with Gasteiger partial charge in [-0.3, -0.25) is 0 Å². The van der Waals surface area contributed by atoms with Gasteiger partial charge in [-0.15, -0.1) is 11.3 Å². The van der Waals surface area contributed by atoms with Gasteiger partial charge in [-0.2, -0.15) is 5.26 Å². The normalized spacial score (nSPS) is 10.1. The van der Waals surface area contributed by atoms with Gasteiger partial charge in [0.05, 0.1) is 28.5 Å². The smallest absolute Gasteiger partial charge is 0.101 e. The summed E-state index contributed by atoms with van der Waals surface area (Å²) >= 11 is 5.09. The Morgan fingerprint density at radius 2 is 2.22 bits per heavy atom. The Labute approximate surface area is 119 Å². The first-order valence-corrected chi connectivity index (χ1v) is 7.07. The Morgan fingerprint density at radius 1 is 1.44 bits per heavy atom. The number of thiazole rings is 1. The first-order chi connectivity index (χ1) is 8.60. The zero-order valence-corrected chi connectivity index (χ0v) is 12.5. The summed E-state index contributed by atoms with van der Waals surface area (Å²) in [7, 11) is 0. The Balaban J connectivity index is 2.18. The van der Waals surface area contributed by atoms with Crippen molar-refractivity contribution < 1.29 is 0 Å². The predicted octanol–water partition coefficient (Wildman–Crippen LogP) is 4.01. The standard InChI is InChI=1S/C13H12BrN3S/c1-8-13(18-9(2)17-8)7-16-12-5-11(14)4-3-10(12)6-15/h3-5,16H,7H2,1-2H3. The number of anilines is 1. The summed E-state index contributed by atoms with van der Waals surface area (Å²) in [6.45, 7) is 4.70. The van der Waals surface area contributed by atoms with Crippen molar-refractivity contribution in [1.82, 2.24) is 4.98 Å². The fourth-order valence-corrected chi connectivity index (χ4v) is 2.91. The van der Waals surface area contributed by atoms with Crippen LogP contribution in [0.15, 0.2) is 22.7 Å². The second-order valence-corrected chi connectivity index (χ2v) is 6.10. The van der Waals surface area contributed by atoms with Crippen LogP contribution in [0.2, 0.25) is 0 Å². The molecule has 18 heavy (non-hydrogen) atoms. The fraction of sp³-hybridized carbons (Fsp3) is 0.231. The number of aromatic nitrogens is 1. The van der Waals surface area contributed by atoms with Gasteiger partial charge in [-0.25, -0.2) is 4.98 Å². The van der Waals surface area contributed by atoms with Crippen molar-refractivity contribution >= 4 is 33.0 Å². The highest BCUT2D eigenvalue weighted by atomic mass is 79.9. The minimum atomic E-state index is 0.650. The highest BCUT2D eigenvalue weighted by Crippen LogP contribution is 2.23. The van der Waals surface area contributed by atoms with E-state index in [0.717, 1.165) is 20.9 Å². The molecule has 1 N–H and O–H groups in total. The van der Waals surface area contributed by atoms with Crippen LogP contribution in [0.25, 0.3) is 0 Å². The molecule has 2 rings (SSSR count). The lowest BCUT2D eigenvalue weighted by molar-refractivity contribution is 1.10. The number of hydrogen-bond donors (Lipinski definition) is 1. The molecular formula is C13H12BrN3S. The summed E-state index contributed by atoms with van der Waals surface area (Å²) < 4.78 is 0.959. The molecule has 0 amide bonds. The molecule has 1 aromatic heterocycles. The van der Waals surface area contributed by atoms with E-state index in [0.29, 0.717) is 12.1 Å². The largest absolute Gasteiger partial charge is 0.379 e. The molecular weight excluding hydrogens is 310 g/mol. The van der Waals surface area contributed by atoms with E-state index in [1.54, 1.807) is 17.4 Å². The first-order valence-electron chi connectivity index (χ1n) is 5.46. The number of nitrogens with one attached hydrogen (secondary N) is 1. The van der Waals surface area contributed by atoms with Crippen LogP contribution in [0.3, 0.4) is 0 Å². The minimum absolute atomic E-state index is 0.650. The number of rotatable bonds is 3. The quantitative estimate of drug-likeness (QED) is 0.929. The lowest BCUT2D eigenvalue weighted by Crippen LogP contribution is -2.01. The number of benzene rings is 1. The maximum absolute atomic E-state index is 9.05. The maximum Gasteiger partial charge on any atom is 0.101 e. The van der Waals surface area contributed by atoms with Crippen LogP contribution in [-0.2, 0) is 6.54 Å². The number of nitrogens with zero attached hydrogens (tertiary/aromatic N) is 2. The van der Waals surface area contributed by atoms with Crippen LogP contribution in [0.1, 0.15) is 21.1 Å². The summed E-state index contributed by atoms with van der Waals surface area (Å²) in [5.41, 5.74) is 2.55. The van der Waals surface area contributed by atoms with Crippen LogP contribution >= 0.6 is 27.3 Å². The topological polar surface area (TPSA) is 48.7 Å². The van der Waals surface area contributed by atoms with E-state index in [2.05, 4.69) is 32.3 Å². The molecule has 3 nitrogen and oxygen atoms in total. The molecule has 0 aliphatic heterocycles. The average molecular weight is 322 g/mol. The monoisotopic (exact) mass is 321 g/mol. The second-order valence-electron chi connectivity index (χ2n) is 3.90. The highest BCUT2D eigenvalue weighted by Gasteiger charge is 2.06. The average Bonchev–Trinajstić information content (AvgIpc) is 2.65. The van der Waals surface area contributed by atoms with Gasteiger partial charge >= 0.3 is 0 Å². The molecule has 0 atom stereocenters. The first kappa shape index (κ1) is 13.1. The van der Waals surface area contributed by atoms with Crippen molar-refractivity contribution in [2.75, 3.05) is 5.32 Å². The van der Waals surface area contributed by atoms with Crippen molar-refractivity contribution in [3.63, 3.8) is 0 Å². The summed E-state index contributed by atoms with van der Waals surface area (Å²) in [4.78, 5) is 5.59. The Hall–Kier alpha value is -1.38. The third-order valence-electron chi connectivity index (χ3n) is 2.54. The molecule has 92 valence electrons. The SMILES string of the molecule is Cc1nc(C)c(CNc2cc(Br)ccc2C#N)s1. The zero-order chi connectivity index (χ0) is 13.1. The Morgan fingerprint density at radius 3 is 2.83 bits per heavy atom. The van der Waals surface area contributed by atoms with E-state index >= 15 is 0 Å². The van der Waals surface area contributed by atoms with Gasteiger partial charge in [0.1, 0.15) is 6.07 Å². The van der Waals surface area contributed by atoms with Gasteiger partial charge < -0.3 is 5.32 Å². The third-order valence-corrected chi connectivity index (χ3v) is 4.11. The van der Waals surface area contributed by atoms with Crippen molar-refractivity contribution in [3.8, 4) is 6.07 Å². The number of nitriles is 1. The van der Waals surface area contributed by atoms with E-state index in [1.807, 2.05) is 26.0 Å². The number of hydrogen-bond acceptors (Lipinski definition) is 4. The predicted molar refractivity (Wildman–Crippen MR) is 77.8 cm³/mol. The molecule has 0 fully saturated rings. The van der Waals surface area contributed by atoms with Gasteiger partial charge in [0.25, 0.3) is 0 Å². The van der Waals surface area contributed by atoms with Crippen LogP contribution in [0.5, 0.6) is 0 Å². The van der Waals surface area contributed by atoms with E-state index in [1.165, 1.54) is 4.88 Å². The van der Waals surface area contributed by atoms with Crippen LogP contribution in [0, 0.1) is 25.2 Å². The number of aryl methyl sites for hydroxylation is 2. The maximum atomic E-state index is 9.05. The molecule has 0 radical (unpaired) electrons. The lowest BCUT2D eigenvalue weighted by Gasteiger charge is -2.07. The van der Waals surface area contributed by atoms with Crippen LogP contribution in [0.4, 0.5) is 5.69 Å². The van der Waals surface area contributed by atoms with Crippen molar-refractivity contribution in [1.29, 1.82) is 5.26 Å². The van der Waals surface area contributed by atoms with Gasteiger partial charge in [0.2, 0.25) is 0 Å². The van der Waals surface area contributed by atoms with E-state index in [9.17, 15) is 0 Å². The van der Waals surface area contributed by atoms with Crippen molar-refractivity contribution in [2.45, 2.75) is 20.4 Å². The third kappa shape index (κ3) is 2.89. The summed E-state index contributed by atoms with van der Waals surface area (Å²) in [5.74, 6) is 0. The molecule has 0 spiro atoms. The molecule has 2 aromatic rings. The van der Waals surface area contributed by atoms with Crippen molar-refractivity contribution in [2.24, 2.45) is 0 Å². The van der Waals surface area contributed by atoms with E-state index < -0.39 is 0 Å². The number of halogens is 1. The zero-order valence-electron chi connectivity index (χ0n) is 10.1. The van der Waals surface area contributed by atoms with Crippen LogP contribution in [-0.4, -0.2) is 4.98 Å². The van der Waals surface area contributed by atoms with Crippen LogP contribution < -0.4 is 5.32 Å². The molecule has 0 unspecified atom stereocenters. The van der Waals surface area contributed by atoms with Crippen molar-refractivity contribution in [3.05, 3.63) is 43.8 Å². The fourth-order valence-electron chi connectivity index (χ4n) is 1.67. The highest BCUT2D eigenvalue weighted by molar-refractivity contribution is 9.10. The molecule has 0 bridgehead atoms. The van der Waals surface area contributed by atoms with E-state index in [-0.39, 0.29) is 0 Å².